The van der Waals surface area contributed by atoms with Gasteiger partial charge in [-0.1, -0.05) is 0 Å². The molecule has 3 amide bonds. The van der Waals surface area contributed by atoms with Crippen molar-refractivity contribution in [2.75, 3.05) is 19.6 Å². The van der Waals surface area contributed by atoms with Gasteiger partial charge in [-0.15, -0.1) is 0 Å². The number of carbonyl (C=O) groups is 3. The van der Waals surface area contributed by atoms with E-state index in [2.05, 4.69) is 5.32 Å². The molecule has 0 bridgehead atoms. The summed E-state index contributed by atoms with van der Waals surface area (Å²) in [5, 5.41) is 2.54. The maximum atomic E-state index is 14.2. The van der Waals surface area contributed by atoms with E-state index in [1.54, 1.807) is 30.6 Å². The molecule has 0 saturated carbocycles. The standard InChI is InChI=1S/C22H30F3N3O4/c1-13-12-27(6-7-28(13)14(2)29)20(30)10-16(26-21(31)32-22(3,4)5)8-15-9-18(24)19(25)11-17(15)23/h9,11,13,16H,6-8,10,12H2,1-5H3,(H,26,31)/t13-,16+/m0/s1. The first-order valence-electron chi connectivity index (χ1n) is 10.4. The Labute approximate surface area is 185 Å². The Hall–Kier alpha value is -2.78. The van der Waals surface area contributed by atoms with Crippen LogP contribution in [0.2, 0.25) is 0 Å². The summed E-state index contributed by atoms with van der Waals surface area (Å²) in [6, 6.07) is 0.0516. The highest BCUT2D eigenvalue weighted by atomic mass is 19.2. The SMILES string of the molecule is CC(=O)N1CCN(C(=O)C[C@@H](Cc2cc(F)c(F)cc2F)NC(=O)OC(C)(C)C)C[C@@H]1C. The average molecular weight is 457 g/mol. The molecule has 1 aromatic rings. The Kier molecular flexibility index (Phi) is 8.14. The smallest absolute Gasteiger partial charge is 0.407 e. The molecule has 2 rings (SSSR count). The number of carbonyl (C=O) groups excluding carboxylic acids is 3. The number of alkyl carbamates (subject to hydrolysis) is 1. The summed E-state index contributed by atoms with van der Waals surface area (Å²) >= 11 is 0. The first-order chi connectivity index (χ1) is 14.8. The first-order valence-corrected chi connectivity index (χ1v) is 10.4. The van der Waals surface area contributed by atoms with Crippen LogP contribution in [-0.2, 0) is 20.7 Å². The van der Waals surface area contributed by atoms with Gasteiger partial charge in [0.25, 0.3) is 0 Å². The minimum Gasteiger partial charge on any atom is -0.444 e. The number of ether oxygens (including phenoxy) is 1. The maximum Gasteiger partial charge on any atom is 0.407 e. The van der Waals surface area contributed by atoms with Crippen molar-refractivity contribution >= 4 is 17.9 Å². The second-order valence-electron chi connectivity index (χ2n) is 9.01. The fourth-order valence-electron chi connectivity index (χ4n) is 3.63. The molecule has 32 heavy (non-hydrogen) atoms. The predicted molar refractivity (Wildman–Crippen MR) is 111 cm³/mol. The Morgan fingerprint density at radius 2 is 1.75 bits per heavy atom. The van der Waals surface area contributed by atoms with E-state index < -0.39 is 35.2 Å². The number of benzene rings is 1. The van der Waals surface area contributed by atoms with Crippen LogP contribution in [0, 0.1) is 17.5 Å². The summed E-state index contributed by atoms with van der Waals surface area (Å²) in [5.41, 5.74) is -0.975. The molecule has 0 spiro atoms. The molecule has 0 unspecified atom stereocenters. The molecule has 7 nitrogen and oxygen atoms in total. The Morgan fingerprint density at radius 3 is 2.31 bits per heavy atom. The van der Waals surface area contributed by atoms with Crippen LogP contribution in [0.1, 0.15) is 46.6 Å². The zero-order valence-corrected chi connectivity index (χ0v) is 19.0. The van der Waals surface area contributed by atoms with Crippen LogP contribution in [-0.4, -0.2) is 65.0 Å². The zero-order chi connectivity index (χ0) is 24.2. The Morgan fingerprint density at radius 1 is 1.12 bits per heavy atom. The van der Waals surface area contributed by atoms with Crippen LogP contribution in [0.3, 0.4) is 0 Å². The summed E-state index contributed by atoms with van der Waals surface area (Å²) < 4.78 is 46.3. The highest BCUT2D eigenvalue weighted by Crippen LogP contribution is 2.18. The molecule has 2 atom stereocenters. The van der Waals surface area contributed by atoms with Crippen molar-refractivity contribution in [1.82, 2.24) is 15.1 Å². The third kappa shape index (κ3) is 7.13. The summed E-state index contributed by atoms with van der Waals surface area (Å²) in [5.74, 6) is -3.92. The van der Waals surface area contributed by atoms with Gasteiger partial charge in [0.15, 0.2) is 11.6 Å². The second kappa shape index (κ2) is 10.2. The number of hydrogen-bond acceptors (Lipinski definition) is 4. The van der Waals surface area contributed by atoms with Gasteiger partial charge in [-0.25, -0.2) is 18.0 Å². The van der Waals surface area contributed by atoms with E-state index >= 15 is 0 Å². The van der Waals surface area contributed by atoms with Gasteiger partial charge in [-0.2, -0.15) is 0 Å². The summed E-state index contributed by atoms with van der Waals surface area (Å²) in [6.45, 7) is 9.30. The summed E-state index contributed by atoms with van der Waals surface area (Å²) in [6.07, 6.45) is -1.25. The highest BCUT2D eigenvalue weighted by Gasteiger charge is 2.30. The monoisotopic (exact) mass is 457 g/mol. The molecule has 1 saturated heterocycles. The fraction of sp³-hybridized carbons (Fsp3) is 0.591. The van der Waals surface area contributed by atoms with Crippen LogP contribution < -0.4 is 5.32 Å². The molecular weight excluding hydrogens is 427 g/mol. The lowest BCUT2D eigenvalue weighted by atomic mass is 10.0. The molecule has 1 aliphatic heterocycles. The summed E-state index contributed by atoms with van der Waals surface area (Å²) in [4.78, 5) is 40.0. The third-order valence-electron chi connectivity index (χ3n) is 5.08. The first kappa shape index (κ1) is 25.5. The minimum absolute atomic E-state index is 0.0807. The quantitative estimate of drug-likeness (QED) is 0.690. The van der Waals surface area contributed by atoms with Crippen molar-refractivity contribution in [3.8, 4) is 0 Å². The summed E-state index contributed by atoms with van der Waals surface area (Å²) in [7, 11) is 0. The number of nitrogens with zero attached hydrogens (tertiary/aromatic N) is 2. The van der Waals surface area contributed by atoms with E-state index in [9.17, 15) is 27.6 Å². The maximum absolute atomic E-state index is 14.2. The van der Waals surface area contributed by atoms with Gasteiger partial charge in [-0.3, -0.25) is 9.59 Å². The normalized spacial score (nSPS) is 17.7. The van der Waals surface area contributed by atoms with Crippen LogP contribution in [0.5, 0.6) is 0 Å². The van der Waals surface area contributed by atoms with Gasteiger partial charge in [0, 0.05) is 51.1 Å². The Balaban J connectivity index is 2.15. The average Bonchev–Trinajstić information content (AvgIpc) is 2.63. The van der Waals surface area contributed by atoms with E-state index in [1.165, 1.54) is 6.92 Å². The molecule has 10 heteroatoms. The van der Waals surface area contributed by atoms with Gasteiger partial charge in [0.2, 0.25) is 11.8 Å². The van der Waals surface area contributed by atoms with Crippen molar-refractivity contribution in [2.45, 2.75) is 65.1 Å². The van der Waals surface area contributed by atoms with Crippen molar-refractivity contribution < 1.29 is 32.3 Å². The van der Waals surface area contributed by atoms with Crippen molar-refractivity contribution in [3.63, 3.8) is 0 Å². The van der Waals surface area contributed by atoms with Gasteiger partial charge in [0.1, 0.15) is 11.4 Å². The van der Waals surface area contributed by atoms with Crippen LogP contribution in [0.4, 0.5) is 18.0 Å². The van der Waals surface area contributed by atoms with E-state index in [4.69, 9.17) is 4.74 Å². The molecule has 1 heterocycles. The van der Waals surface area contributed by atoms with Crippen molar-refractivity contribution in [1.29, 1.82) is 0 Å². The topological polar surface area (TPSA) is 79.0 Å². The van der Waals surface area contributed by atoms with Gasteiger partial charge >= 0.3 is 6.09 Å². The number of halogens is 3. The molecule has 1 N–H and O–H groups in total. The lowest BCUT2D eigenvalue weighted by molar-refractivity contribution is -0.141. The van der Waals surface area contributed by atoms with Gasteiger partial charge < -0.3 is 19.9 Å². The van der Waals surface area contributed by atoms with Gasteiger partial charge in [0.05, 0.1) is 0 Å². The molecule has 178 valence electrons. The minimum atomic E-state index is -1.32. The molecule has 0 aromatic heterocycles. The molecular formula is C22H30F3N3O4. The third-order valence-corrected chi connectivity index (χ3v) is 5.08. The molecule has 0 radical (unpaired) electrons. The number of piperazine rings is 1. The molecule has 1 fully saturated rings. The van der Waals surface area contributed by atoms with E-state index in [-0.39, 0.29) is 36.3 Å². The van der Waals surface area contributed by atoms with E-state index in [1.807, 2.05) is 6.92 Å². The van der Waals surface area contributed by atoms with Gasteiger partial charge in [-0.05, 0) is 45.7 Å². The molecule has 1 aromatic carbocycles. The molecule has 0 aliphatic carbocycles. The fourth-order valence-corrected chi connectivity index (χ4v) is 3.63. The lowest BCUT2D eigenvalue weighted by Crippen LogP contribution is -2.55. The van der Waals surface area contributed by atoms with Crippen molar-refractivity contribution in [3.05, 3.63) is 35.1 Å². The lowest BCUT2D eigenvalue weighted by Gasteiger charge is -2.40. The van der Waals surface area contributed by atoms with E-state index in [0.717, 1.165) is 0 Å². The zero-order valence-electron chi connectivity index (χ0n) is 19.0. The van der Waals surface area contributed by atoms with Crippen LogP contribution in [0.25, 0.3) is 0 Å². The van der Waals surface area contributed by atoms with Crippen LogP contribution in [0.15, 0.2) is 12.1 Å². The number of nitrogens with one attached hydrogen (secondary N) is 1. The number of rotatable bonds is 5. The number of amides is 3. The largest absolute Gasteiger partial charge is 0.444 e. The number of hydrogen-bond donors (Lipinski definition) is 1. The van der Waals surface area contributed by atoms with Crippen LogP contribution >= 0.6 is 0 Å². The predicted octanol–water partition coefficient (Wildman–Crippen LogP) is 3.01. The van der Waals surface area contributed by atoms with E-state index in [0.29, 0.717) is 31.8 Å². The van der Waals surface area contributed by atoms with Crippen molar-refractivity contribution in [2.24, 2.45) is 0 Å². The highest BCUT2D eigenvalue weighted by molar-refractivity contribution is 5.79. The second-order valence-corrected chi connectivity index (χ2v) is 9.01. The molecule has 1 aliphatic rings. The Bertz CT molecular complexity index is 873.